The number of carbonyl (C=O) groups is 1. The summed E-state index contributed by atoms with van der Waals surface area (Å²) in [6, 6.07) is 12.1. The molecule has 1 unspecified atom stereocenters. The first-order valence-electron chi connectivity index (χ1n) is 9.99. The van der Waals surface area contributed by atoms with Crippen LogP contribution in [0.1, 0.15) is 30.6 Å². The zero-order valence-corrected chi connectivity index (χ0v) is 17.3. The van der Waals surface area contributed by atoms with E-state index in [1.807, 2.05) is 13.8 Å². The number of hydrogen-bond donors (Lipinski definition) is 4. The third kappa shape index (κ3) is 8.38. The van der Waals surface area contributed by atoms with E-state index >= 15 is 0 Å². The standard InChI is InChI=1S/C22H29FN4O3/c1-3-24-22(27-15-16(2)30-20-10-8-18(23)9-11-20)26-13-5-12-25-21(29)17-6-4-7-19(28)14-17/h4,6-11,14,16,28H,3,5,12-13,15H2,1-2H3,(H,25,29)(H2,24,26,27). The number of carbonyl (C=O) groups excluding carboxylic acids is 1. The first kappa shape index (κ1) is 23.0. The Kier molecular flexibility index (Phi) is 9.44. The number of nitrogens with one attached hydrogen (secondary N) is 3. The molecule has 8 heteroatoms. The lowest BCUT2D eigenvalue weighted by atomic mass is 10.2. The Labute approximate surface area is 176 Å². The Bertz CT molecular complexity index is 827. The molecule has 1 atom stereocenters. The number of rotatable bonds is 10. The molecule has 0 fully saturated rings. The van der Waals surface area contributed by atoms with Crippen LogP contribution in [0.5, 0.6) is 11.5 Å². The van der Waals surface area contributed by atoms with Crippen molar-refractivity contribution in [3.8, 4) is 11.5 Å². The molecule has 2 aromatic rings. The van der Waals surface area contributed by atoms with E-state index in [2.05, 4.69) is 20.9 Å². The fourth-order valence-corrected chi connectivity index (χ4v) is 2.59. The molecule has 2 rings (SSSR count). The van der Waals surface area contributed by atoms with Crippen LogP contribution in [-0.2, 0) is 0 Å². The fraction of sp³-hybridized carbons (Fsp3) is 0.364. The largest absolute Gasteiger partial charge is 0.508 e. The monoisotopic (exact) mass is 416 g/mol. The average Bonchev–Trinajstić information content (AvgIpc) is 2.73. The molecule has 0 aliphatic rings. The van der Waals surface area contributed by atoms with E-state index in [0.717, 1.165) is 0 Å². The predicted molar refractivity (Wildman–Crippen MR) is 116 cm³/mol. The molecule has 0 aliphatic carbocycles. The van der Waals surface area contributed by atoms with Crippen molar-refractivity contribution in [2.45, 2.75) is 26.4 Å². The number of aromatic hydroxyl groups is 1. The fourth-order valence-electron chi connectivity index (χ4n) is 2.59. The van der Waals surface area contributed by atoms with Gasteiger partial charge in [-0.2, -0.15) is 0 Å². The van der Waals surface area contributed by atoms with Gasteiger partial charge in [0.05, 0.1) is 6.54 Å². The number of amides is 1. The molecular formula is C22H29FN4O3. The molecule has 7 nitrogen and oxygen atoms in total. The Morgan fingerprint density at radius 2 is 1.87 bits per heavy atom. The van der Waals surface area contributed by atoms with E-state index in [1.54, 1.807) is 24.3 Å². The van der Waals surface area contributed by atoms with Gasteiger partial charge >= 0.3 is 0 Å². The summed E-state index contributed by atoms with van der Waals surface area (Å²) in [7, 11) is 0. The highest BCUT2D eigenvalue weighted by atomic mass is 19.1. The first-order valence-corrected chi connectivity index (χ1v) is 9.99. The highest BCUT2D eigenvalue weighted by Gasteiger charge is 2.06. The molecule has 0 aliphatic heterocycles. The van der Waals surface area contributed by atoms with Crippen LogP contribution in [0, 0.1) is 5.82 Å². The number of phenols is 1. The second kappa shape index (κ2) is 12.3. The van der Waals surface area contributed by atoms with Crippen molar-refractivity contribution in [2.24, 2.45) is 4.99 Å². The van der Waals surface area contributed by atoms with Gasteiger partial charge in [0.2, 0.25) is 0 Å². The number of halogens is 1. The maximum atomic E-state index is 13.0. The smallest absolute Gasteiger partial charge is 0.251 e. The van der Waals surface area contributed by atoms with Crippen LogP contribution >= 0.6 is 0 Å². The number of phenolic OH excluding ortho intramolecular Hbond substituents is 1. The van der Waals surface area contributed by atoms with Crippen LogP contribution in [0.25, 0.3) is 0 Å². The molecule has 0 heterocycles. The van der Waals surface area contributed by atoms with Gasteiger partial charge < -0.3 is 25.8 Å². The van der Waals surface area contributed by atoms with Gasteiger partial charge in [-0.1, -0.05) is 6.07 Å². The SMILES string of the molecule is CCNC(=NCC(C)Oc1ccc(F)cc1)NCCCNC(=O)c1cccc(O)c1. The second-order valence-electron chi connectivity index (χ2n) is 6.69. The number of nitrogens with zero attached hydrogens (tertiary/aromatic N) is 1. The lowest BCUT2D eigenvalue weighted by Crippen LogP contribution is -2.39. The zero-order valence-electron chi connectivity index (χ0n) is 17.3. The summed E-state index contributed by atoms with van der Waals surface area (Å²) in [6.45, 7) is 6.14. The molecule has 0 saturated carbocycles. The molecule has 0 bridgehead atoms. The van der Waals surface area contributed by atoms with Gasteiger partial charge in [0, 0.05) is 25.2 Å². The highest BCUT2D eigenvalue weighted by Crippen LogP contribution is 2.13. The highest BCUT2D eigenvalue weighted by molar-refractivity contribution is 5.94. The Morgan fingerprint density at radius 3 is 2.57 bits per heavy atom. The quantitative estimate of drug-likeness (QED) is 0.271. The molecule has 4 N–H and O–H groups in total. The minimum Gasteiger partial charge on any atom is -0.508 e. The lowest BCUT2D eigenvalue weighted by molar-refractivity contribution is 0.0953. The summed E-state index contributed by atoms with van der Waals surface area (Å²) in [5, 5.41) is 18.6. The van der Waals surface area contributed by atoms with Gasteiger partial charge in [-0.15, -0.1) is 0 Å². The number of ether oxygens (including phenoxy) is 1. The molecule has 0 saturated heterocycles. The second-order valence-corrected chi connectivity index (χ2v) is 6.69. The van der Waals surface area contributed by atoms with Crippen molar-refractivity contribution >= 4 is 11.9 Å². The van der Waals surface area contributed by atoms with E-state index in [-0.39, 0.29) is 23.6 Å². The van der Waals surface area contributed by atoms with Gasteiger partial charge in [-0.25, -0.2) is 9.38 Å². The van der Waals surface area contributed by atoms with E-state index in [0.29, 0.717) is 49.9 Å². The summed E-state index contributed by atoms with van der Waals surface area (Å²) < 4.78 is 18.7. The molecule has 0 radical (unpaired) electrons. The van der Waals surface area contributed by atoms with Crippen molar-refractivity contribution in [3.05, 3.63) is 59.9 Å². The van der Waals surface area contributed by atoms with Crippen LogP contribution in [0.15, 0.2) is 53.5 Å². The summed E-state index contributed by atoms with van der Waals surface area (Å²) >= 11 is 0. The number of aliphatic imine (C=N–C) groups is 1. The summed E-state index contributed by atoms with van der Waals surface area (Å²) in [5.74, 6) is 0.794. The third-order valence-corrected chi connectivity index (χ3v) is 4.04. The molecule has 0 spiro atoms. The Morgan fingerprint density at radius 1 is 1.13 bits per heavy atom. The van der Waals surface area contributed by atoms with E-state index in [1.165, 1.54) is 24.3 Å². The van der Waals surface area contributed by atoms with Crippen LogP contribution in [-0.4, -0.2) is 49.3 Å². The lowest BCUT2D eigenvalue weighted by Gasteiger charge is -2.15. The topological polar surface area (TPSA) is 95.0 Å². The van der Waals surface area contributed by atoms with Crippen molar-refractivity contribution in [2.75, 3.05) is 26.2 Å². The van der Waals surface area contributed by atoms with Crippen LogP contribution in [0.2, 0.25) is 0 Å². The van der Waals surface area contributed by atoms with Gasteiger partial charge in [0.1, 0.15) is 23.4 Å². The summed E-state index contributed by atoms with van der Waals surface area (Å²) in [4.78, 5) is 16.5. The van der Waals surface area contributed by atoms with Crippen LogP contribution in [0.4, 0.5) is 4.39 Å². The van der Waals surface area contributed by atoms with E-state index in [4.69, 9.17) is 4.74 Å². The number of guanidine groups is 1. The van der Waals surface area contributed by atoms with Crippen molar-refractivity contribution in [3.63, 3.8) is 0 Å². The predicted octanol–water partition coefficient (Wildman–Crippen LogP) is 2.67. The maximum absolute atomic E-state index is 13.0. The molecular weight excluding hydrogens is 387 g/mol. The van der Waals surface area contributed by atoms with Gasteiger partial charge in [-0.3, -0.25) is 4.79 Å². The Hall–Kier alpha value is -3.29. The number of hydrogen-bond acceptors (Lipinski definition) is 4. The summed E-state index contributed by atoms with van der Waals surface area (Å²) in [5.41, 5.74) is 0.424. The van der Waals surface area contributed by atoms with Gasteiger partial charge in [-0.05, 0) is 62.7 Å². The van der Waals surface area contributed by atoms with Crippen molar-refractivity contribution in [1.82, 2.24) is 16.0 Å². The van der Waals surface area contributed by atoms with E-state index < -0.39 is 0 Å². The normalized spacial score (nSPS) is 12.2. The minimum absolute atomic E-state index is 0.0634. The Balaban J connectivity index is 1.71. The van der Waals surface area contributed by atoms with Gasteiger partial charge in [0.15, 0.2) is 5.96 Å². The molecule has 30 heavy (non-hydrogen) atoms. The maximum Gasteiger partial charge on any atom is 0.251 e. The van der Waals surface area contributed by atoms with Crippen molar-refractivity contribution in [1.29, 1.82) is 0 Å². The summed E-state index contributed by atoms with van der Waals surface area (Å²) in [6.07, 6.45) is 0.531. The molecule has 1 amide bonds. The van der Waals surface area contributed by atoms with Crippen molar-refractivity contribution < 1.29 is 19.0 Å². The number of benzene rings is 2. The molecule has 0 aromatic heterocycles. The van der Waals surface area contributed by atoms with Gasteiger partial charge in [0.25, 0.3) is 5.91 Å². The minimum atomic E-state index is -0.301. The van der Waals surface area contributed by atoms with Crippen LogP contribution in [0.3, 0.4) is 0 Å². The first-order chi connectivity index (χ1) is 14.5. The molecule has 162 valence electrons. The van der Waals surface area contributed by atoms with Crippen LogP contribution < -0.4 is 20.7 Å². The third-order valence-electron chi connectivity index (χ3n) is 4.04. The van der Waals surface area contributed by atoms with E-state index in [9.17, 15) is 14.3 Å². The average molecular weight is 416 g/mol. The molecule has 2 aromatic carbocycles. The zero-order chi connectivity index (χ0) is 21.8.